The van der Waals surface area contributed by atoms with Gasteiger partial charge in [0, 0.05) is 18.2 Å². The number of imide groups is 1. The van der Waals surface area contributed by atoms with E-state index in [-0.39, 0.29) is 12.3 Å². The lowest BCUT2D eigenvalue weighted by Gasteiger charge is -2.18. The molecule has 1 aliphatic rings. The monoisotopic (exact) mass is 338 g/mol. The maximum absolute atomic E-state index is 12.4. The Labute approximate surface area is 143 Å². The van der Waals surface area contributed by atoms with Gasteiger partial charge in [-0.1, -0.05) is 42.5 Å². The molecule has 0 saturated carbocycles. The van der Waals surface area contributed by atoms with E-state index in [0.29, 0.717) is 5.56 Å². The molecule has 0 bridgehead atoms. The molecule has 0 N–H and O–H groups in total. The van der Waals surface area contributed by atoms with Gasteiger partial charge < -0.3 is 4.74 Å². The third-order valence-electron chi connectivity index (χ3n) is 3.79. The third-order valence-corrected chi connectivity index (χ3v) is 3.79. The van der Waals surface area contributed by atoms with Crippen LogP contribution in [0.5, 0.6) is 0 Å². The molecule has 0 unspecified atom stereocenters. The van der Waals surface area contributed by atoms with Gasteiger partial charge in [0.05, 0.1) is 4.92 Å². The lowest BCUT2D eigenvalue weighted by Crippen LogP contribution is -2.32. The van der Waals surface area contributed by atoms with Gasteiger partial charge >= 0.3 is 6.09 Å². The second-order valence-corrected chi connectivity index (χ2v) is 5.40. The van der Waals surface area contributed by atoms with Crippen LogP contribution < -0.4 is 0 Å². The number of carbonyl (C=O) groups excluding carboxylic acids is 2. The largest absolute Gasteiger partial charge is 0.446 e. The van der Waals surface area contributed by atoms with Gasteiger partial charge in [-0.2, -0.15) is 0 Å². The predicted octanol–water partition coefficient (Wildman–Crippen LogP) is 3.33. The molecule has 1 heterocycles. The molecule has 1 atom stereocenters. The average Bonchev–Trinajstić information content (AvgIpc) is 3.02. The summed E-state index contributed by atoms with van der Waals surface area (Å²) in [5.74, 6) is -0.539. The van der Waals surface area contributed by atoms with Crippen LogP contribution in [0.2, 0.25) is 0 Å². The normalized spacial score (nSPS) is 16.9. The Hall–Kier alpha value is -3.48. The average molecular weight is 338 g/mol. The first-order valence-corrected chi connectivity index (χ1v) is 7.53. The molecule has 0 spiro atoms. The number of ether oxygens (including phenoxy) is 1. The number of hydrogen-bond acceptors (Lipinski definition) is 5. The van der Waals surface area contributed by atoms with Crippen LogP contribution >= 0.6 is 0 Å². The number of rotatable bonds is 4. The van der Waals surface area contributed by atoms with Crippen LogP contribution in [0.15, 0.2) is 60.7 Å². The van der Waals surface area contributed by atoms with E-state index < -0.39 is 23.0 Å². The molecule has 25 heavy (non-hydrogen) atoms. The first-order valence-electron chi connectivity index (χ1n) is 7.53. The van der Waals surface area contributed by atoms with Gasteiger partial charge in [0.2, 0.25) is 0 Å². The molecule has 1 fully saturated rings. The molecule has 7 heteroatoms. The highest BCUT2D eigenvalue weighted by molar-refractivity contribution is 6.02. The molecule has 2 amide bonds. The van der Waals surface area contributed by atoms with Crippen molar-refractivity contribution in [2.24, 2.45) is 0 Å². The summed E-state index contributed by atoms with van der Waals surface area (Å²) in [4.78, 5) is 35.7. The Kier molecular flexibility index (Phi) is 4.56. The summed E-state index contributed by atoms with van der Waals surface area (Å²) in [6.45, 7) is 0.0965. The highest BCUT2D eigenvalue weighted by atomic mass is 16.6. The lowest BCUT2D eigenvalue weighted by molar-refractivity contribution is -0.384. The number of non-ortho nitro benzene ring substituents is 1. The van der Waals surface area contributed by atoms with Gasteiger partial charge in [-0.05, 0) is 17.2 Å². The number of nitro groups is 1. The summed E-state index contributed by atoms with van der Waals surface area (Å²) in [5, 5.41) is 10.8. The molecular weight excluding hydrogens is 324 g/mol. The van der Waals surface area contributed by atoms with E-state index in [1.807, 2.05) is 30.3 Å². The maximum Gasteiger partial charge on any atom is 0.417 e. The van der Waals surface area contributed by atoms with Crippen LogP contribution in [0.25, 0.3) is 6.08 Å². The van der Waals surface area contributed by atoms with Crippen molar-refractivity contribution in [1.82, 2.24) is 4.90 Å². The zero-order valence-electron chi connectivity index (χ0n) is 13.1. The van der Waals surface area contributed by atoms with Crippen molar-refractivity contribution in [2.45, 2.75) is 6.04 Å². The number of nitrogens with zero attached hydrogens (tertiary/aromatic N) is 2. The SMILES string of the molecule is O=C(/C=C/c1cccc([N+](=O)[O-])c1)N1C(=O)OC[C@@H]1c1ccccc1. The molecular formula is C18H14N2O5. The Bertz CT molecular complexity index is 848. The quantitative estimate of drug-likeness (QED) is 0.484. The van der Waals surface area contributed by atoms with Crippen molar-refractivity contribution >= 4 is 23.8 Å². The van der Waals surface area contributed by atoms with E-state index in [1.54, 1.807) is 6.07 Å². The van der Waals surface area contributed by atoms with E-state index in [4.69, 9.17) is 4.74 Å². The van der Waals surface area contributed by atoms with E-state index in [0.717, 1.165) is 10.5 Å². The van der Waals surface area contributed by atoms with Crippen molar-refractivity contribution in [3.8, 4) is 0 Å². The molecule has 1 aliphatic heterocycles. The van der Waals surface area contributed by atoms with Crippen molar-refractivity contribution < 1.29 is 19.2 Å². The predicted molar refractivity (Wildman–Crippen MR) is 89.5 cm³/mol. The summed E-state index contributed by atoms with van der Waals surface area (Å²) in [7, 11) is 0. The second-order valence-electron chi connectivity index (χ2n) is 5.40. The van der Waals surface area contributed by atoms with Crippen molar-refractivity contribution in [3.05, 3.63) is 81.9 Å². The molecule has 3 rings (SSSR count). The minimum atomic E-state index is -0.706. The van der Waals surface area contributed by atoms with Gasteiger partial charge in [-0.15, -0.1) is 0 Å². The minimum absolute atomic E-state index is 0.0719. The number of nitro benzene ring substituents is 1. The van der Waals surface area contributed by atoms with Gasteiger partial charge in [0.25, 0.3) is 11.6 Å². The van der Waals surface area contributed by atoms with Gasteiger partial charge in [0.15, 0.2) is 0 Å². The Morgan fingerprint density at radius 2 is 1.96 bits per heavy atom. The fourth-order valence-corrected chi connectivity index (χ4v) is 2.58. The molecule has 7 nitrogen and oxygen atoms in total. The standard InChI is InChI=1S/C18H14N2O5/c21-17(10-9-13-5-4-8-15(11-13)20(23)24)19-16(12-25-18(19)22)14-6-2-1-3-7-14/h1-11,16H,12H2/b10-9+/t16-/m1/s1. The number of amides is 2. The molecule has 0 radical (unpaired) electrons. The Balaban J connectivity index is 1.80. The first kappa shape index (κ1) is 16.4. The first-order chi connectivity index (χ1) is 12.1. The van der Waals surface area contributed by atoms with Crippen molar-refractivity contribution in [1.29, 1.82) is 0 Å². The van der Waals surface area contributed by atoms with Crippen molar-refractivity contribution in [2.75, 3.05) is 6.61 Å². The minimum Gasteiger partial charge on any atom is -0.446 e. The Morgan fingerprint density at radius 3 is 2.68 bits per heavy atom. The number of hydrogen-bond donors (Lipinski definition) is 0. The molecule has 0 aromatic heterocycles. The molecule has 1 saturated heterocycles. The molecule has 126 valence electrons. The van der Waals surface area contributed by atoms with Crippen molar-refractivity contribution in [3.63, 3.8) is 0 Å². The second kappa shape index (κ2) is 6.96. The summed E-state index contributed by atoms with van der Waals surface area (Å²) in [6, 6.07) is 14.5. The molecule has 2 aromatic carbocycles. The van der Waals surface area contributed by atoms with E-state index >= 15 is 0 Å². The van der Waals surface area contributed by atoms with Crippen LogP contribution in [0, 0.1) is 10.1 Å². The van der Waals surface area contributed by atoms with E-state index in [1.165, 1.54) is 30.4 Å². The van der Waals surface area contributed by atoms with Gasteiger partial charge in [-0.3, -0.25) is 14.9 Å². The number of cyclic esters (lactones) is 1. The van der Waals surface area contributed by atoms with Gasteiger partial charge in [-0.25, -0.2) is 9.69 Å². The molecule has 0 aliphatic carbocycles. The van der Waals surface area contributed by atoms with Crippen LogP contribution in [0.3, 0.4) is 0 Å². The highest BCUT2D eigenvalue weighted by Crippen LogP contribution is 2.28. The van der Waals surface area contributed by atoms with Crippen LogP contribution in [-0.2, 0) is 9.53 Å². The third kappa shape index (κ3) is 3.55. The summed E-state index contributed by atoms with van der Waals surface area (Å²) in [5.41, 5.74) is 1.22. The smallest absolute Gasteiger partial charge is 0.417 e. The summed E-state index contributed by atoms with van der Waals surface area (Å²) >= 11 is 0. The topological polar surface area (TPSA) is 89.8 Å². The van der Waals surface area contributed by atoms with E-state index in [9.17, 15) is 19.7 Å². The van der Waals surface area contributed by atoms with Gasteiger partial charge in [0.1, 0.15) is 12.6 Å². The summed E-state index contributed by atoms with van der Waals surface area (Å²) in [6.07, 6.45) is 1.94. The zero-order valence-corrected chi connectivity index (χ0v) is 13.1. The van der Waals surface area contributed by atoms with Crippen LogP contribution in [0.1, 0.15) is 17.2 Å². The summed E-state index contributed by atoms with van der Waals surface area (Å²) < 4.78 is 5.00. The lowest BCUT2D eigenvalue weighted by atomic mass is 10.1. The Morgan fingerprint density at radius 1 is 1.20 bits per heavy atom. The molecule has 2 aromatic rings. The van der Waals surface area contributed by atoms with Crippen LogP contribution in [-0.4, -0.2) is 28.4 Å². The highest BCUT2D eigenvalue weighted by Gasteiger charge is 2.37. The number of carbonyl (C=O) groups is 2. The zero-order chi connectivity index (χ0) is 17.8. The van der Waals surface area contributed by atoms with Crippen LogP contribution in [0.4, 0.5) is 10.5 Å². The maximum atomic E-state index is 12.4. The number of benzene rings is 2. The fraction of sp³-hybridized carbons (Fsp3) is 0.111. The fourth-order valence-electron chi connectivity index (χ4n) is 2.58. The van der Waals surface area contributed by atoms with E-state index in [2.05, 4.69) is 0 Å².